The maximum Gasteiger partial charge on any atom is 0.331 e. The van der Waals surface area contributed by atoms with E-state index in [2.05, 4.69) is 5.32 Å². The van der Waals surface area contributed by atoms with E-state index in [1.807, 2.05) is 0 Å². The highest BCUT2D eigenvalue weighted by molar-refractivity contribution is 6.19. The van der Waals surface area contributed by atoms with Gasteiger partial charge in [0.2, 0.25) is 11.8 Å². The van der Waals surface area contributed by atoms with Crippen molar-refractivity contribution in [3.05, 3.63) is 24.2 Å². The van der Waals surface area contributed by atoms with Crippen LogP contribution in [0.2, 0.25) is 0 Å². The fourth-order valence-corrected chi connectivity index (χ4v) is 2.31. The second kappa shape index (κ2) is 4.87. The molecule has 1 aromatic heterocycles. The Morgan fingerprint density at radius 1 is 1.26 bits per heavy atom. The molecule has 0 atom stereocenters. The smallest absolute Gasteiger partial charge is 0.331 e. The number of barbiturate groups is 1. The zero-order valence-corrected chi connectivity index (χ0v) is 10.9. The molecule has 6 nitrogen and oxygen atoms in total. The highest BCUT2D eigenvalue weighted by Gasteiger charge is 2.51. The summed E-state index contributed by atoms with van der Waals surface area (Å²) in [6.07, 6.45) is 3.67. The Balaban J connectivity index is 2.30. The summed E-state index contributed by atoms with van der Waals surface area (Å²) >= 11 is 0. The van der Waals surface area contributed by atoms with Crippen LogP contribution in [-0.4, -0.2) is 22.7 Å². The van der Waals surface area contributed by atoms with Gasteiger partial charge in [-0.15, -0.1) is 0 Å². The number of nitrogens with one attached hydrogen (secondary N) is 1. The number of urea groups is 1. The van der Waals surface area contributed by atoms with Crippen LogP contribution in [0.15, 0.2) is 23.0 Å². The Labute approximate surface area is 110 Å². The van der Waals surface area contributed by atoms with Gasteiger partial charge in [0.1, 0.15) is 5.41 Å². The molecule has 6 heteroatoms. The molecule has 1 saturated heterocycles. The minimum Gasteiger partial charge on any atom is -0.472 e. The van der Waals surface area contributed by atoms with Crippen molar-refractivity contribution in [3.63, 3.8) is 0 Å². The van der Waals surface area contributed by atoms with E-state index in [1.165, 1.54) is 12.5 Å². The third-order valence-corrected chi connectivity index (χ3v) is 3.68. The Hall–Kier alpha value is -2.11. The van der Waals surface area contributed by atoms with Gasteiger partial charge in [-0.3, -0.25) is 19.8 Å². The van der Waals surface area contributed by atoms with Crippen LogP contribution in [0.3, 0.4) is 0 Å². The second-order valence-electron chi connectivity index (χ2n) is 4.57. The van der Waals surface area contributed by atoms with Crippen LogP contribution in [0, 0.1) is 5.41 Å². The molecular weight excluding hydrogens is 248 g/mol. The van der Waals surface area contributed by atoms with Crippen molar-refractivity contribution in [2.45, 2.75) is 33.2 Å². The highest BCUT2D eigenvalue weighted by Crippen LogP contribution is 2.32. The van der Waals surface area contributed by atoms with E-state index in [0.29, 0.717) is 18.4 Å². The number of rotatable bonds is 4. The molecule has 102 valence electrons. The maximum absolute atomic E-state index is 12.5. The van der Waals surface area contributed by atoms with Gasteiger partial charge in [0, 0.05) is 5.56 Å². The van der Waals surface area contributed by atoms with Gasteiger partial charge in [-0.2, -0.15) is 0 Å². The summed E-state index contributed by atoms with van der Waals surface area (Å²) in [5, 5.41) is 2.26. The monoisotopic (exact) mass is 264 g/mol. The van der Waals surface area contributed by atoms with E-state index in [4.69, 9.17) is 4.42 Å². The first-order valence-electron chi connectivity index (χ1n) is 6.23. The van der Waals surface area contributed by atoms with E-state index in [1.54, 1.807) is 19.9 Å². The van der Waals surface area contributed by atoms with Gasteiger partial charge in [0.05, 0.1) is 19.1 Å². The molecular formula is C13H16N2O4. The molecule has 4 amide bonds. The molecule has 0 aromatic carbocycles. The molecule has 1 aliphatic rings. The lowest BCUT2D eigenvalue weighted by Gasteiger charge is -2.38. The van der Waals surface area contributed by atoms with Crippen LogP contribution in [0.25, 0.3) is 0 Å². The predicted octanol–water partition coefficient (Wildman–Crippen LogP) is 1.66. The summed E-state index contributed by atoms with van der Waals surface area (Å²) in [7, 11) is 0. The zero-order chi connectivity index (χ0) is 14.0. The topological polar surface area (TPSA) is 79.6 Å². The van der Waals surface area contributed by atoms with Crippen molar-refractivity contribution in [1.29, 1.82) is 0 Å². The van der Waals surface area contributed by atoms with Crippen molar-refractivity contribution < 1.29 is 18.8 Å². The molecule has 1 aromatic rings. The summed E-state index contributed by atoms with van der Waals surface area (Å²) in [6, 6.07) is 1.00. The Bertz CT molecular complexity index is 503. The Kier molecular flexibility index (Phi) is 3.42. The number of hydrogen-bond donors (Lipinski definition) is 1. The van der Waals surface area contributed by atoms with Crippen LogP contribution in [0.5, 0.6) is 0 Å². The van der Waals surface area contributed by atoms with E-state index in [-0.39, 0.29) is 6.54 Å². The van der Waals surface area contributed by atoms with Crippen molar-refractivity contribution in [3.8, 4) is 0 Å². The van der Waals surface area contributed by atoms with Gasteiger partial charge < -0.3 is 4.42 Å². The van der Waals surface area contributed by atoms with Gasteiger partial charge in [0.25, 0.3) is 0 Å². The number of carbonyl (C=O) groups is 3. The lowest BCUT2D eigenvalue weighted by Crippen LogP contribution is -2.63. The summed E-state index contributed by atoms with van der Waals surface area (Å²) in [6.45, 7) is 3.65. The number of furan rings is 1. The van der Waals surface area contributed by atoms with Crippen LogP contribution in [0.4, 0.5) is 4.79 Å². The predicted molar refractivity (Wildman–Crippen MR) is 65.8 cm³/mol. The lowest BCUT2D eigenvalue weighted by atomic mass is 9.78. The average Bonchev–Trinajstić information content (AvgIpc) is 2.89. The fraction of sp³-hybridized carbons (Fsp3) is 0.462. The number of imide groups is 2. The highest BCUT2D eigenvalue weighted by atomic mass is 16.3. The molecule has 0 radical (unpaired) electrons. The van der Waals surface area contributed by atoms with Crippen molar-refractivity contribution in [1.82, 2.24) is 10.2 Å². The quantitative estimate of drug-likeness (QED) is 0.839. The third-order valence-electron chi connectivity index (χ3n) is 3.68. The van der Waals surface area contributed by atoms with Crippen LogP contribution in [-0.2, 0) is 16.1 Å². The largest absolute Gasteiger partial charge is 0.472 e. The summed E-state index contributed by atoms with van der Waals surface area (Å²) in [4.78, 5) is 37.3. The number of hydrogen-bond acceptors (Lipinski definition) is 4. The zero-order valence-electron chi connectivity index (χ0n) is 10.9. The van der Waals surface area contributed by atoms with Gasteiger partial charge in [-0.05, 0) is 18.9 Å². The first-order valence-corrected chi connectivity index (χ1v) is 6.23. The molecule has 0 bridgehead atoms. The minimum atomic E-state index is -1.14. The normalized spacial score (nSPS) is 18.6. The fourth-order valence-electron chi connectivity index (χ4n) is 2.31. The first-order chi connectivity index (χ1) is 9.05. The molecule has 1 aliphatic heterocycles. The van der Waals surface area contributed by atoms with Gasteiger partial charge >= 0.3 is 6.03 Å². The molecule has 2 heterocycles. The molecule has 0 aliphatic carbocycles. The summed E-state index contributed by atoms with van der Waals surface area (Å²) in [5.74, 6) is -0.941. The Morgan fingerprint density at radius 3 is 2.47 bits per heavy atom. The molecule has 0 saturated carbocycles. The number of nitrogens with zero attached hydrogens (tertiary/aromatic N) is 1. The molecule has 1 N–H and O–H groups in total. The van der Waals surface area contributed by atoms with E-state index >= 15 is 0 Å². The van der Waals surface area contributed by atoms with Crippen molar-refractivity contribution in [2.24, 2.45) is 5.41 Å². The van der Waals surface area contributed by atoms with Gasteiger partial charge in [0.15, 0.2) is 0 Å². The second-order valence-corrected chi connectivity index (χ2v) is 4.57. The van der Waals surface area contributed by atoms with E-state index in [9.17, 15) is 14.4 Å². The maximum atomic E-state index is 12.5. The van der Waals surface area contributed by atoms with Gasteiger partial charge in [-0.25, -0.2) is 4.79 Å². The molecule has 0 unspecified atom stereocenters. The lowest BCUT2D eigenvalue weighted by molar-refractivity contribution is -0.152. The van der Waals surface area contributed by atoms with Gasteiger partial charge in [-0.1, -0.05) is 13.8 Å². The van der Waals surface area contributed by atoms with E-state index < -0.39 is 23.3 Å². The molecule has 19 heavy (non-hydrogen) atoms. The average molecular weight is 264 g/mol. The Morgan fingerprint density at radius 2 is 1.95 bits per heavy atom. The van der Waals surface area contributed by atoms with Crippen molar-refractivity contribution in [2.75, 3.05) is 0 Å². The van der Waals surface area contributed by atoms with Crippen LogP contribution >= 0.6 is 0 Å². The van der Waals surface area contributed by atoms with Crippen molar-refractivity contribution >= 4 is 17.8 Å². The SMILES string of the molecule is CCC1(CC)C(=O)NC(=O)N(Cc2ccoc2)C1=O. The van der Waals surface area contributed by atoms with Crippen LogP contribution in [0.1, 0.15) is 32.3 Å². The van der Waals surface area contributed by atoms with E-state index in [0.717, 1.165) is 4.90 Å². The summed E-state index contributed by atoms with van der Waals surface area (Å²) < 4.78 is 4.92. The van der Waals surface area contributed by atoms with Crippen LogP contribution < -0.4 is 5.32 Å². The molecule has 1 fully saturated rings. The molecule has 0 spiro atoms. The number of amides is 4. The minimum absolute atomic E-state index is 0.107. The number of carbonyl (C=O) groups excluding carboxylic acids is 3. The standard InChI is InChI=1S/C13H16N2O4/c1-3-13(4-2)10(16)14-12(18)15(11(13)17)7-9-5-6-19-8-9/h5-6,8H,3-4,7H2,1-2H3,(H,14,16,18). The first kappa shape index (κ1) is 13.3. The molecule has 2 rings (SSSR count). The third kappa shape index (κ3) is 2.03. The summed E-state index contributed by atoms with van der Waals surface area (Å²) in [5.41, 5.74) is -0.434.